The minimum Gasteiger partial charge on any atom is -0.355 e. The van der Waals surface area contributed by atoms with Gasteiger partial charge in [-0.3, -0.25) is 4.79 Å². The maximum absolute atomic E-state index is 12.3. The smallest absolute Gasteiger partial charge is 0.228 e. The van der Waals surface area contributed by atoms with E-state index in [4.69, 9.17) is 0 Å². The fourth-order valence-electron chi connectivity index (χ4n) is 2.59. The van der Waals surface area contributed by atoms with Crippen molar-refractivity contribution in [3.05, 3.63) is 53.6 Å². The van der Waals surface area contributed by atoms with Crippen LogP contribution in [0, 0.1) is 0 Å². The Labute approximate surface area is 117 Å². The standard InChI is InChI=1S/C15H18N4O/c20-15(19-6-5-14-17-7-8-18-14)13-10-16-9-11-3-1-2-4-12(11)13/h1-4,7-8,13,16H,5-6,9-10H2,(H,17,18)(H,19,20). The van der Waals surface area contributed by atoms with Crippen molar-refractivity contribution in [2.75, 3.05) is 13.1 Å². The molecule has 0 aliphatic carbocycles. The van der Waals surface area contributed by atoms with E-state index >= 15 is 0 Å². The Morgan fingerprint density at radius 3 is 3.15 bits per heavy atom. The molecule has 0 radical (unpaired) electrons. The second kappa shape index (κ2) is 5.88. The molecule has 5 nitrogen and oxygen atoms in total. The Bertz CT molecular complexity index is 579. The number of carbonyl (C=O) groups excluding carboxylic acids is 1. The minimum absolute atomic E-state index is 0.0798. The van der Waals surface area contributed by atoms with Gasteiger partial charge < -0.3 is 15.6 Å². The molecule has 20 heavy (non-hydrogen) atoms. The Morgan fingerprint density at radius 1 is 1.40 bits per heavy atom. The average Bonchev–Trinajstić information content (AvgIpc) is 3.00. The third-order valence-electron chi connectivity index (χ3n) is 3.63. The molecule has 1 amide bonds. The van der Waals surface area contributed by atoms with Gasteiger partial charge in [0.1, 0.15) is 5.82 Å². The van der Waals surface area contributed by atoms with E-state index in [0.29, 0.717) is 13.1 Å². The number of hydrogen-bond acceptors (Lipinski definition) is 3. The van der Waals surface area contributed by atoms with Crippen LogP contribution in [0.4, 0.5) is 0 Å². The summed E-state index contributed by atoms with van der Waals surface area (Å²) in [5.74, 6) is 0.875. The number of fused-ring (bicyclic) bond motifs is 1. The van der Waals surface area contributed by atoms with E-state index in [1.165, 1.54) is 5.56 Å². The number of nitrogens with one attached hydrogen (secondary N) is 3. The first kappa shape index (κ1) is 12.9. The molecule has 0 spiro atoms. The highest BCUT2D eigenvalue weighted by atomic mass is 16.1. The van der Waals surface area contributed by atoms with Gasteiger partial charge in [0.15, 0.2) is 0 Å². The first-order valence-corrected chi connectivity index (χ1v) is 6.89. The topological polar surface area (TPSA) is 69.8 Å². The zero-order chi connectivity index (χ0) is 13.8. The second-order valence-electron chi connectivity index (χ2n) is 4.96. The van der Waals surface area contributed by atoms with Crippen LogP contribution in [0.15, 0.2) is 36.7 Å². The summed E-state index contributed by atoms with van der Waals surface area (Å²) in [6, 6.07) is 8.13. The average molecular weight is 270 g/mol. The van der Waals surface area contributed by atoms with Crippen molar-refractivity contribution in [3.63, 3.8) is 0 Å². The summed E-state index contributed by atoms with van der Waals surface area (Å²) in [6.07, 6.45) is 4.23. The van der Waals surface area contributed by atoms with Gasteiger partial charge in [-0.1, -0.05) is 24.3 Å². The van der Waals surface area contributed by atoms with Crippen LogP contribution in [0.3, 0.4) is 0 Å². The van der Waals surface area contributed by atoms with E-state index in [9.17, 15) is 4.79 Å². The van der Waals surface area contributed by atoms with E-state index in [0.717, 1.165) is 24.4 Å². The van der Waals surface area contributed by atoms with Crippen LogP contribution in [-0.4, -0.2) is 29.0 Å². The molecule has 104 valence electrons. The number of amides is 1. The molecule has 1 atom stereocenters. The fourth-order valence-corrected chi connectivity index (χ4v) is 2.59. The Morgan fingerprint density at radius 2 is 2.30 bits per heavy atom. The Kier molecular flexibility index (Phi) is 3.78. The van der Waals surface area contributed by atoms with Crippen molar-refractivity contribution in [2.45, 2.75) is 18.9 Å². The molecule has 1 aliphatic heterocycles. The third-order valence-corrected chi connectivity index (χ3v) is 3.63. The van der Waals surface area contributed by atoms with Crippen LogP contribution >= 0.6 is 0 Å². The Hall–Kier alpha value is -2.14. The number of rotatable bonds is 4. The molecule has 0 saturated heterocycles. The van der Waals surface area contributed by atoms with Crippen molar-refractivity contribution >= 4 is 5.91 Å². The SMILES string of the molecule is O=C(NCCc1ncc[nH]1)C1CNCc2ccccc21. The summed E-state index contributed by atoms with van der Waals surface area (Å²) in [7, 11) is 0. The summed E-state index contributed by atoms with van der Waals surface area (Å²) >= 11 is 0. The van der Waals surface area contributed by atoms with Gasteiger partial charge in [0.2, 0.25) is 5.91 Å². The fraction of sp³-hybridized carbons (Fsp3) is 0.333. The summed E-state index contributed by atoms with van der Waals surface area (Å²) < 4.78 is 0. The lowest BCUT2D eigenvalue weighted by Gasteiger charge is -2.25. The van der Waals surface area contributed by atoms with Crippen molar-refractivity contribution < 1.29 is 4.79 Å². The molecule has 1 aromatic heterocycles. The molecule has 0 bridgehead atoms. The highest BCUT2D eigenvalue weighted by Crippen LogP contribution is 2.23. The van der Waals surface area contributed by atoms with Gasteiger partial charge in [0.05, 0.1) is 5.92 Å². The molecule has 1 aromatic carbocycles. The summed E-state index contributed by atoms with van der Waals surface area (Å²) in [6.45, 7) is 2.14. The molecular formula is C15H18N4O. The number of nitrogens with zero attached hydrogens (tertiary/aromatic N) is 1. The molecule has 3 rings (SSSR count). The number of aromatic nitrogens is 2. The molecule has 2 aromatic rings. The van der Waals surface area contributed by atoms with Gasteiger partial charge >= 0.3 is 0 Å². The van der Waals surface area contributed by atoms with Crippen LogP contribution in [0.2, 0.25) is 0 Å². The lowest BCUT2D eigenvalue weighted by atomic mass is 9.90. The number of aromatic amines is 1. The third kappa shape index (κ3) is 2.72. The lowest BCUT2D eigenvalue weighted by Crippen LogP contribution is -2.39. The number of carbonyl (C=O) groups is 1. The molecule has 1 unspecified atom stereocenters. The first-order valence-electron chi connectivity index (χ1n) is 6.89. The lowest BCUT2D eigenvalue weighted by molar-refractivity contribution is -0.122. The molecule has 1 aliphatic rings. The number of benzene rings is 1. The van der Waals surface area contributed by atoms with Crippen LogP contribution in [0.25, 0.3) is 0 Å². The van der Waals surface area contributed by atoms with Gasteiger partial charge in [0, 0.05) is 38.4 Å². The van der Waals surface area contributed by atoms with Gasteiger partial charge in [-0.05, 0) is 11.1 Å². The van der Waals surface area contributed by atoms with Crippen LogP contribution < -0.4 is 10.6 Å². The monoisotopic (exact) mass is 270 g/mol. The van der Waals surface area contributed by atoms with Gasteiger partial charge in [-0.25, -0.2) is 4.98 Å². The second-order valence-corrected chi connectivity index (χ2v) is 4.96. The van der Waals surface area contributed by atoms with E-state index in [1.54, 1.807) is 12.4 Å². The highest BCUT2D eigenvalue weighted by molar-refractivity contribution is 5.84. The largest absolute Gasteiger partial charge is 0.355 e. The van der Waals surface area contributed by atoms with E-state index in [-0.39, 0.29) is 11.8 Å². The van der Waals surface area contributed by atoms with Gasteiger partial charge in [-0.15, -0.1) is 0 Å². The molecule has 0 fully saturated rings. The van der Waals surface area contributed by atoms with Crippen molar-refractivity contribution in [1.82, 2.24) is 20.6 Å². The van der Waals surface area contributed by atoms with Crippen molar-refractivity contribution in [1.29, 1.82) is 0 Å². The van der Waals surface area contributed by atoms with Crippen molar-refractivity contribution in [2.24, 2.45) is 0 Å². The number of H-pyrrole nitrogens is 1. The predicted octanol–water partition coefficient (Wildman–Crippen LogP) is 0.955. The normalized spacial score (nSPS) is 17.5. The van der Waals surface area contributed by atoms with Crippen molar-refractivity contribution in [3.8, 4) is 0 Å². The summed E-state index contributed by atoms with van der Waals surface area (Å²) in [4.78, 5) is 19.5. The quantitative estimate of drug-likeness (QED) is 0.775. The maximum Gasteiger partial charge on any atom is 0.228 e. The summed E-state index contributed by atoms with van der Waals surface area (Å²) in [5.41, 5.74) is 2.35. The minimum atomic E-state index is -0.100. The first-order chi connectivity index (χ1) is 9.84. The molecule has 2 heterocycles. The van der Waals surface area contributed by atoms with E-state index < -0.39 is 0 Å². The molecule has 0 saturated carbocycles. The number of hydrogen-bond donors (Lipinski definition) is 3. The maximum atomic E-state index is 12.3. The van der Waals surface area contributed by atoms with E-state index in [2.05, 4.69) is 26.7 Å². The molecular weight excluding hydrogens is 252 g/mol. The van der Waals surface area contributed by atoms with Gasteiger partial charge in [-0.2, -0.15) is 0 Å². The number of imidazole rings is 1. The highest BCUT2D eigenvalue weighted by Gasteiger charge is 2.25. The molecule has 5 heteroatoms. The van der Waals surface area contributed by atoms with Crippen LogP contribution in [0.5, 0.6) is 0 Å². The zero-order valence-electron chi connectivity index (χ0n) is 11.2. The zero-order valence-corrected chi connectivity index (χ0v) is 11.2. The Balaban J connectivity index is 1.60. The molecule has 3 N–H and O–H groups in total. The van der Waals surface area contributed by atoms with Crippen LogP contribution in [-0.2, 0) is 17.8 Å². The van der Waals surface area contributed by atoms with Gasteiger partial charge in [0.25, 0.3) is 0 Å². The predicted molar refractivity (Wildman–Crippen MR) is 76.2 cm³/mol. The summed E-state index contributed by atoms with van der Waals surface area (Å²) in [5, 5.41) is 6.29. The van der Waals surface area contributed by atoms with E-state index in [1.807, 2.05) is 18.2 Å². The van der Waals surface area contributed by atoms with Crippen LogP contribution in [0.1, 0.15) is 22.9 Å².